The molecule has 0 aliphatic rings. The number of aromatic nitrogens is 10. The molecule has 0 saturated heterocycles. The van der Waals surface area contributed by atoms with Crippen molar-refractivity contribution in [3.63, 3.8) is 0 Å². The smallest absolute Gasteiger partial charge is 0.275 e. The van der Waals surface area contributed by atoms with Gasteiger partial charge < -0.3 is 11.5 Å². The molecule has 5 aromatic rings. The van der Waals surface area contributed by atoms with Crippen molar-refractivity contribution in [1.29, 1.82) is 0 Å². The van der Waals surface area contributed by atoms with Crippen LogP contribution in [0.1, 0.15) is 22.9 Å². The summed E-state index contributed by atoms with van der Waals surface area (Å²) in [6.07, 6.45) is 2.76. The number of hydrogen-bond donors (Lipinski definition) is 4. The third kappa shape index (κ3) is 3.38. The number of nitrogen functional groups attached to an aromatic ring is 2. The van der Waals surface area contributed by atoms with Crippen molar-refractivity contribution in [2.75, 3.05) is 11.5 Å². The number of allylic oxidation sites excluding steroid dienone is 1. The summed E-state index contributed by atoms with van der Waals surface area (Å²) in [4.78, 5) is 43.8. The number of fused-ring (bicyclic) bond motifs is 2. The first kappa shape index (κ1) is 19.7. The minimum absolute atomic E-state index is 0.0346. The molecule has 33 heavy (non-hydrogen) atoms. The number of nitrogens with zero attached hydrogens (tertiary/aromatic N) is 8. The first-order chi connectivity index (χ1) is 15.9. The highest BCUT2D eigenvalue weighted by Crippen LogP contribution is 2.19. The molecule has 0 unspecified atom stereocenters. The number of benzene rings is 1. The van der Waals surface area contributed by atoms with Crippen molar-refractivity contribution >= 4 is 35.3 Å². The lowest BCUT2D eigenvalue weighted by Gasteiger charge is -2.12. The second kappa shape index (κ2) is 7.49. The normalized spacial score (nSPS) is 11.8. The van der Waals surface area contributed by atoms with Crippen LogP contribution in [0, 0.1) is 0 Å². The van der Waals surface area contributed by atoms with Gasteiger partial charge >= 0.3 is 0 Å². The van der Waals surface area contributed by atoms with E-state index in [1.54, 1.807) is 24.3 Å². The SMILES string of the molecule is Nc1nnc2[nH]c(=O)c(C(C(=O)/C=C/c3ccccc3)c3nn4c(N)nnc4[nH]c3=O)nn12. The van der Waals surface area contributed by atoms with E-state index in [1.807, 2.05) is 6.07 Å². The van der Waals surface area contributed by atoms with Gasteiger partial charge in [0.1, 0.15) is 17.3 Å². The highest BCUT2D eigenvalue weighted by Gasteiger charge is 2.31. The van der Waals surface area contributed by atoms with E-state index in [9.17, 15) is 14.4 Å². The van der Waals surface area contributed by atoms with Crippen LogP contribution in [0.2, 0.25) is 0 Å². The lowest BCUT2D eigenvalue weighted by Crippen LogP contribution is -2.32. The van der Waals surface area contributed by atoms with E-state index in [-0.39, 0.29) is 34.8 Å². The van der Waals surface area contributed by atoms with Crippen molar-refractivity contribution in [3.8, 4) is 0 Å². The van der Waals surface area contributed by atoms with Gasteiger partial charge in [-0.25, -0.2) is 0 Å². The van der Waals surface area contributed by atoms with Gasteiger partial charge in [-0.1, -0.05) is 36.4 Å². The highest BCUT2D eigenvalue weighted by atomic mass is 16.1. The highest BCUT2D eigenvalue weighted by molar-refractivity contribution is 6.00. The van der Waals surface area contributed by atoms with Gasteiger partial charge in [-0.2, -0.15) is 19.2 Å². The topological polar surface area (TPSA) is 221 Å². The molecule has 0 bridgehead atoms. The number of nitrogens with one attached hydrogen (secondary N) is 2. The van der Waals surface area contributed by atoms with Crippen LogP contribution < -0.4 is 22.6 Å². The van der Waals surface area contributed by atoms with Gasteiger partial charge in [0.2, 0.25) is 11.9 Å². The molecule has 0 spiro atoms. The maximum Gasteiger partial charge on any atom is 0.275 e. The molecular weight excluding hydrogens is 432 g/mol. The Balaban J connectivity index is 1.72. The molecule has 15 nitrogen and oxygen atoms in total. The molecular formula is C18H14N12O3. The number of carbonyl (C=O) groups excluding carboxylic acids is 1. The predicted octanol–water partition coefficient (Wildman–Crippen LogP) is -1.48. The summed E-state index contributed by atoms with van der Waals surface area (Å²) in [7, 11) is 0. The van der Waals surface area contributed by atoms with Gasteiger partial charge in [-0.15, -0.1) is 20.4 Å². The Kier molecular flexibility index (Phi) is 4.48. The zero-order valence-electron chi connectivity index (χ0n) is 16.6. The van der Waals surface area contributed by atoms with E-state index in [2.05, 4.69) is 40.6 Å². The van der Waals surface area contributed by atoms with Crippen LogP contribution in [-0.2, 0) is 4.79 Å². The minimum Gasteiger partial charge on any atom is -0.366 e. The zero-order valence-corrected chi connectivity index (χ0v) is 16.6. The lowest BCUT2D eigenvalue weighted by atomic mass is 9.96. The number of H-pyrrole nitrogens is 2. The molecule has 164 valence electrons. The number of aromatic amines is 2. The van der Waals surface area contributed by atoms with Gasteiger partial charge in [0.25, 0.3) is 22.7 Å². The fourth-order valence-corrected chi connectivity index (χ4v) is 3.19. The number of carbonyl (C=O) groups is 1. The molecule has 4 heterocycles. The summed E-state index contributed by atoms with van der Waals surface area (Å²) in [5.41, 5.74) is 9.96. The minimum atomic E-state index is -1.52. The molecule has 4 aromatic heterocycles. The van der Waals surface area contributed by atoms with Crippen molar-refractivity contribution in [3.05, 3.63) is 74.1 Å². The van der Waals surface area contributed by atoms with Crippen LogP contribution in [-0.4, -0.2) is 55.4 Å². The van der Waals surface area contributed by atoms with Crippen molar-refractivity contribution in [1.82, 2.24) is 49.6 Å². The van der Waals surface area contributed by atoms with Crippen LogP contribution in [0.5, 0.6) is 0 Å². The molecule has 0 saturated carbocycles. The van der Waals surface area contributed by atoms with E-state index in [1.165, 1.54) is 12.2 Å². The Labute approximate surface area is 181 Å². The quantitative estimate of drug-likeness (QED) is 0.228. The fourth-order valence-electron chi connectivity index (χ4n) is 3.19. The number of hydrogen-bond acceptors (Lipinski definition) is 11. The van der Waals surface area contributed by atoms with E-state index in [4.69, 9.17) is 11.5 Å². The summed E-state index contributed by atoms with van der Waals surface area (Å²) in [5.74, 6) is -2.50. The van der Waals surface area contributed by atoms with Crippen LogP contribution in [0.25, 0.3) is 17.6 Å². The fraction of sp³-hybridized carbons (Fsp3) is 0.0556. The maximum atomic E-state index is 13.3. The number of nitrogens with two attached hydrogens (primary N) is 2. The third-order valence-electron chi connectivity index (χ3n) is 4.73. The Hall–Kier alpha value is -5.21. The lowest BCUT2D eigenvalue weighted by molar-refractivity contribution is -0.115. The monoisotopic (exact) mass is 446 g/mol. The van der Waals surface area contributed by atoms with Crippen LogP contribution >= 0.6 is 0 Å². The van der Waals surface area contributed by atoms with Crippen LogP contribution in [0.15, 0.2) is 46.0 Å². The number of rotatable bonds is 5. The predicted molar refractivity (Wildman–Crippen MR) is 114 cm³/mol. The molecule has 0 fully saturated rings. The molecule has 0 radical (unpaired) electrons. The van der Waals surface area contributed by atoms with E-state index in [0.29, 0.717) is 0 Å². The summed E-state index contributed by atoms with van der Waals surface area (Å²) in [6, 6.07) is 8.98. The van der Waals surface area contributed by atoms with Gasteiger partial charge in [0, 0.05) is 0 Å². The largest absolute Gasteiger partial charge is 0.366 e. The molecule has 1 aromatic carbocycles. The summed E-state index contributed by atoms with van der Waals surface area (Å²) in [5, 5.41) is 22.9. The summed E-state index contributed by atoms with van der Waals surface area (Å²) >= 11 is 0. The van der Waals surface area contributed by atoms with Gasteiger partial charge in [0.05, 0.1) is 0 Å². The van der Waals surface area contributed by atoms with Crippen molar-refractivity contribution < 1.29 is 4.79 Å². The van der Waals surface area contributed by atoms with Crippen molar-refractivity contribution in [2.45, 2.75) is 5.92 Å². The average Bonchev–Trinajstić information content (AvgIpc) is 3.35. The Morgan fingerprint density at radius 3 is 1.88 bits per heavy atom. The van der Waals surface area contributed by atoms with Crippen LogP contribution in [0.3, 0.4) is 0 Å². The third-order valence-corrected chi connectivity index (χ3v) is 4.73. The number of anilines is 2. The molecule has 5 rings (SSSR count). The average molecular weight is 446 g/mol. The maximum absolute atomic E-state index is 13.3. The first-order valence-corrected chi connectivity index (χ1v) is 9.41. The van der Waals surface area contributed by atoms with Crippen molar-refractivity contribution in [2.24, 2.45) is 0 Å². The second-order valence-corrected chi connectivity index (χ2v) is 6.85. The molecule has 6 N–H and O–H groups in total. The Morgan fingerprint density at radius 2 is 1.36 bits per heavy atom. The standard InChI is InChI=1S/C18H14N12O3/c19-15-23-25-17-21-13(32)11(27-29(15)17)10(9(31)7-6-8-4-2-1-3-5-8)12-14(33)22-18-26-24-16(20)30(18)28-12/h1-7,10H,(H2,19,23)(H2,20,24)(H,21,25,32)(H,22,26,33)/b7-6+. The summed E-state index contributed by atoms with van der Waals surface area (Å²) in [6.45, 7) is 0. The first-order valence-electron chi connectivity index (χ1n) is 9.41. The molecule has 15 heteroatoms. The second-order valence-electron chi connectivity index (χ2n) is 6.85. The zero-order chi connectivity index (χ0) is 23.1. The van der Waals surface area contributed by atoms with Crippen LogP contribution in [0.4, 0.5) is 11.9 Å². The molecule has 0 amide bonds. The molecule has 0 atom stereocenters. The Morgan fingerprint density at radius 1 is 0.848 bits per heavy atom. The van der Waals surface area contributed by atoms with Gasteiger partial charge in [-0.3, -0.25) is 24.4 Å². The molecule has 0 aliphatic heterocycles. The molecule has 0 aliphatic carbocycles. The number of ketones is 1. The Bertz CT molecular complexity index is 1570. The summed E-state index contributed by atoms with van der Waals surface area (Å²) < 4.78 is 2.08. The van der Waals surface area contributed by atoms with E-state index < -0.39 is 22.8 Å². The van der Waals surface area contributed by atoms with Gasteiger partial charge in [0.15, 0.2) is 5.78 Å². The van der Waals surface area contributed by atoms with E-state index >= 15 is 0 Å². The van der Waals surface area contributed by atoms with Gasteiger partial charge in [-0.05, 0) is 11.6 Å². The van der Waals surface area contributed by atoms with E-state index in [0.717, 1.165) is 14.6 Å².